The van der Waals surface area contributed by atoms with E-state index >= 15 is 0 Å². The van der Waals surface area contributed by atoms with E-state index < -0.39 is 14.3 Å². The van der Waals surface area contributed by atoms with Crippen molar-refractivity contribution in [3.63, 3.8) is 0 Å². The number of amides is 1. The van der Waals surface area contributed by atoms with Gasteiger partial charge in [0.2, 0.25) is 8.32 Å². The van der Waals surface area contributed by atoms with Crippen LogP contribution in [0.15, 0.2) is 42.5 Å². The predicted octanol–water partition coefficient (Wildman–Crippen LogP) is 5.44. The van der Waals surface area contributed by atoms with Gasteiger partial charge in [-0.05, 0) is 54.0 Å². The van der Waals surface area contributed by atoms with Gasteiger partial charge in [-0.25, -0.2) is 4.79 Å². The highest BCUT2D eigenvalue weighted by Gasteiger charge is 2.38. The van der Waals surface area contributed by atoms with Crippen LogP contribution in [0.2, 0.25) is 23.2 Å². The van der Waals surface area contributed by atoms with Crippen molar-refractivity contribution in [2.45, 2.75) is 45.4 Å². The fourth-order valence-corrected chi connectivity index (χ4v) is 3.66. The van der Waals surface area contributed by atoms with Gasteiger partial charge in [0.05, 0.1) is 17.7 Å². The maximum atomic E-state index is 12.5. The molecule has 2 aromatic rings. The van der Waals surface area contributed by atoms with Crippen molar-refractivity contribution in [3.8, 4) is 5.75 Å². The Morgan fingerprint density at radius 2 is 1.79 bits per heavy atom. The Labute approximate surface area is 178 Å². The fourth-order valence-electron chi connectivity index (χ4n) is 2.38. The summed E-state index contributed by atoms with van der Waals surface area (Å²) in [5.41, 5.74) is 1.53. The molecule has 5 nitrogen and oxygen atoms in total. The van der Waals surface area contributed by atoms with Gasteiger partial charge in [0.1, 0.15) is 5.75 Å². The molecule has 2 rings (SSSR count). The molecule has 156 valence electrons. The minimum Gasteiger partial charge on any atom is -0.543 e. The van der Waals surface area contributed by atoms with Crippen molar-refractivity contribution in [2.75, 3.05) is 7.11 Å². The minimum atomic E-state index is -1.93. The third-order valence-electron chi connectivity index (χ3n) is 5.17. The smallest absolute Gasteiger partial charge is 0.339 e. The van der Waals surface area contributed by atoms with Gasteiger partial charge in [-0.1, -0.05) is 44.5 Å². The van der Waals surface area contributed by atoms with Crippen molar-refractivity contribution < 1.29 is 18.8 Å². The summed E-state index contributed by atoms with van der Waals surface area (Å²) in [5, 5.41) is 3.15. The number of carbonyl (C=O) groups excluding carboxylic acids is 2. The molecule has 0 aliphatic rings. The Balaban J connectivity index is 2.06. The lowest BCUT2D eigenvalue weighted by Crippen LogP contribution is -2.43. The molecule has 0 fully saturated rings. The van der Waals surface area contributed by atoms with Crippen LogP contribution in [0.5, 0.6) is 5.75 Å². The van der Waals surface area contributed by atoms with E-state index in [2.05, 4.69) is 43.9 Å². The van der Waals surface area contributed by atoms with Crippen LogP contribution in [-0.2, 0) is 11.3 Å². The van der Waals surface area contributed by atoms with Gasteiger partial charge in [0, 0.05) is 12.1 Å². The Bertz CT molecular complexity index is 906. The van der Waals surface area contributed by atoms with Crippen LogP contribution in [0, 0.1) is 0 Å². The molecule has 0 aliphatic heterocycles. The fraction of sp³-hybridized carbons (Fsp3) is 0.364. The summed E-state index contributed by atoms with van der Waals surface area (Å²) in [7, 11) is -0.650. The average Bonchev–Trinajstić information content (AvgIpc) is 2.64. The van der Waals surface area contributed by atoms with Crippen molar-refractivity contribution in [1.82, 2.24) is 5.32 Å². The van der Waals surface area contributed by atoms with Crippen LogP contribution in [0.25, 0.3) is 0 Å². The molecule has 0 spiro atoms. The van der Waals surface area contributed by atoms with Crippen molar-refractivity contribution >= 4 is 31.8 Å². The second-order valence-electron chi connectivity index (χ2n) is 8.38. The summed E-state index contributed by atoms with van der Waals surface area (Å²) in [6, 6.07) is 12.2. The number of hydrogen-bond acceptors (Lipinski definition) is 4. The van der Waals surface area contributed by atoms with Crippen LogP contribution < -0.4 is 9.74 Å². The maximum Gasteiger partial charge on any atom is 0.339 e. The first-order valence-corrected chi connectivity index (χ1v) is 12.7. The summed E-state index contributed by atoms with van der Waals surface area (Å²) in [6.45, 7) is 11.3. The van der Waals surface area contributed by atoms with Crippen molar-refractivity contribution in [3.05, 3.63) is 64.2 Å². The molecular formula is C22H28ClNO4Si. The lowest BCUT2D eigenvalue weighted by atomic mass is 10.1. The van der Waals surface area contributed by atoms with Crippen LogP contribution in [0.4, 0.5) is 0 Å². The predicted molar refractivity (Wildman–Crippen MR) is 118 cm³/mol. The summed E-state index contributed by atoms with van der Waals surface area (Å²) in [4.78, 5) is 24.1. The highest BCUT2D eigenvalue weighted by Crippen LogP contribution is 2.37. The Kier molecular flexibility index (Phi) is 7.14. The van der Waals surface area contributed by atoms with E-state index in [1.807, 2.05) is 24.3 Å². The van der Waals surface area contributed by atoms with Crippen LogP contribution in [-0.4, -0.2) is 27.3 Å². The number of halogens is 1. The van der Waals surface area contributed by atoms with Crippen LogP contribution >= 0.6 is 11.6 Å². The zero-order valence-electron chi connectivity index (χ0n) is 17.8. The van der Waals surface area contributed by atoms with Gasteiger partial charge in [0.25, 0.3) is 5.91 Å². The number of hydrogen-bond donors (Lipinski definition) is 1. The zero-order chi connectivity index (χ0) is 21.8. The topological polar surface area (TPSA) is 64.6 Å². The summed E-state index contributed by atoms with van der Waals surface area (Å²) in [6.07, 6.45) is 0. The Hall–Kier alpha value is -2.31. The zero-order valence-corrected chi connectivity index (χ0v) is 19.5. The van der Waals surface area contributed by atoms with E-state index in [1.165, 1.54) is 19.2 Å². The standard InChI is InChI=1S/C22H28ClNO4Si/c1-22(2,3)29(5,6)28-17-9-7-8-15(12-17)14-24-20(25)16-10-11-18(19(23)13-16)21(26)27-4/h7-13H,14H2,1-6H3,(H,24,25). The number of rotatable bonds is 6. The molecule has 0 heterocycles. The Morgan fingerprint density at radius 1 is 1.10 bits per heavy atom. The van der Waals surface area contributed by atoms with E-state index in [9.17, 15) is 9.59 Å². The molecule has 29 heavy (non-hydrogen) atoms. The highest BCUT2D eigenvalue weighted by molar-refractivity contribution is 6.74. The maximum absolute atomic E-state index is 12.5. The first-order chi connectivity index (χ1) is 13.4. The minimum absolute atomic E-state index is 0.104. The van der Waals surface area contributed by atoms with Gasteiger partial charge in [0.15, 0.2) is 0 Å². The summed E-state index contributed by atoms with van der Waals surface area (Å²) >= 11 is 6.09. The number of benzene rings is 2. The lowest BCUT2D eigenvalue weighted by Gasteiger charge is -2.36. The van der Waals surface area contributed by atoms with Crippen LogP contribution in [0.3, 0.4) is 0 Å². The molecule has 0 saturated heterocycles. The second-order valence-corrected chi connectivity index (χ2v) is 13.5. The number of ether oxygens (including phenoxy) is 1. The van der Waals surface area contributed by atoms with Crippen molar-refractivity contribution in [1.29, 1.82) is 0 Å². The summed E-state index contributed by atoms with van der Waals surface area (Å²) < 4.78 is 11.0. The second kappa shape index (κ2) is 9.01. The molecule has 1 amide bonds. The number of carbonyl (C=O) groups is 2. The quantitative estimate of drug-likeness (QED) is 0.486. The lowest BCUT2D eigenvalue weighted by molar-refractivity contribution is 0.0600. The molecule has 0 atom stereocenters. The van der Waals surface area contributed by atoms with E-state index in [4.69, 9.17) is 16.0 Å². The van der Waals surface area contributed by atoms with E-state index in [0.29, 0.717) is 12.1 Å². The molecule has 7 heteroatoms. The third kappa shape index (κ3) is 5.84. The molecular weight excluding hydrogens is 406 g/mol. The molecule has 0 bridgehead atoms. The van der Waals surface area contributed by atoms with Gasteiger partial charge in [-0.15, -0.1) is 0 Å². The monoisotopic (exact) mass is 433 g/mol. The molecule has 0 unspecified atom stereocenters. The molecule has 2 aromatic carbocycles. The average molecular weight is 434 g/mol. The Morgan fingerprint density at radius 3 is 2.38 bits per heavy atom. The molecule has 0 aliphatic carbocycles. The molecule has 0 radical (unpaired) electrons. The third-order valence-corrected chi connectivity index (χ3v) is 9.84. The first-order valence-electron chi connectivity index (χ1n) is 9.38. The molecule has 1 N–H and O–H groups in total. The largest absolute Gasteiger partial charge is 0.543 e. The number of esters is 1. The number of methoxy groups -OCH3 is 1. The van der Waals surface area contributed by atoms with Crippen molar-refractivity contribution in [2.24, 2.45) is 0 Å². The van der Waals surface area contributed by atoms with E-state index in [0.717, 1.165) is 11.3 Å². The normalized spacial score (nSPS) is 11.7. The summed E-state index contributed by atoms with van der Waals surface area (Å²) in [5.74, 6) is -0.00615. The van der Waals surface area contributed by atoms with E-state index in [1.54, 1.807) is 6.07 Å². The highest BCUT2D eigenvalue weighted by atomic mass is 35.5. The number of nitrogens with one attached hydrogen (secondary N) is 1. The van der Waals surface area contributed by atoms with Gasteiger partial charge in [-0.3, -0.25) is 4.79 Å². The van der Waals surface area contributed by atoms with Crippen LogP contribution in [0.1, 0.15) is 47.1 Å². The SMILES string of the molecule is COC(=O)c1ccc(C(=O)NCc2cccc(O[Si](C)(C)C(C)(C)C)c2)cc1Cl. The first kappa shape index (κ1) is 23.0. The molecule has 0 aromatic heterocycles. The molecule has 0 saturated carbocycles. The van der Waals surface area contributed by atoms with Gasteiger partial charge >= 0.3 is 5.97 Å². The van der Waals surface area contributed by atoms with Gasteiger partial charge in [-0.2, -0.15) is 0 Å². The van der Waals surface area contributed by atoms with E-state index in [-0.39, 0.29) is 21.5 Å². The van der Waals surface area contributed by atoms with Gasteiger partial charge < -0.3 is 14.5 Å².